The lowest BCUT2D eigenvalue weighted by Crippen LogP contribution is -1.81. The minimum absolute atomic E-state index is 0.466. The average Bonchev–Trinajstić information content (AvgIpc) is 2.04. The Morgan fingerprint density at radius 1 is 1.33 bits per heavy atom. The average molecular weight is 243 g/mol. The molecule has 0 aromatic carbocycles. The molecule has 0 aliphatic heterocycles. The van der Waals surface area contributed by atoms with E-state index in [0.717, 1.165) is 15.4 Å². The first-order chi connectivity index (χ1) is 5.77. The molecule has 0 fully saturated rings. The van der Waals surface area contributed by atoms with Crippen molar-refractivity contribution < 1.29 is 0 Å². The van der Waals surface area contributed by atoms with Gasteiger partial charge in [0.25, 0.3) is 0 Å². The van der Waals surface area contributed by atoms with E-state index in [1.165, 1.54) is 0 Å². The highest BCUT2D eigenvalue weighted by atomic mass is 79.9. The van der Waals surface area contributed by atoms with Crippen LogP contribution in [-0.2, 0) is 0 Å². The van der Waals surface area contributed by atoms with E-state index in [1.54, 1.807) is 18.5 Å². The van der Waals surface area contributed by atoms with Crippen LogP contribution in [0.25, 0.3) is 10.9 Å². The van der Waals surface area contributed by atoms with Crippen LogP contribution in [0.3, 0.4) is 0 Å². The molecule has 2 heterocycles. The molecule has 0 N–H and O–H groups in total. The first-order valence-corrected chi connectivity index (χ1v) is 4.50. The molecule has 0 saturated carbocycles. The van der Waals surface area contributed by atoms with Gasteiger partial charge in [0.2, 0.25) is 0 Å². The summed E-state index contributed by atoms with van der Waals surface area (Å²) >= 11 is 9.10. The molecule has 0 atom stereocenters. The molecule has 0 spiro atoms. The van der Waals surface area contributed by atoms with Gasteiger partial charge in [0.05, 0.1) is 5.52 Å². The minimum atomic E-state index is 0.466. The Balaban J connectivity index is 2.86. The van der Waals surface area contributed by atoms with Gasteiger partial charge in [-0.1, -0.05) is 11.6 Å². The summed E-state index contributed by atoms with van der Waals surface area (Å²) in [5.74, 6) is 0. The summed E-state index contributed by atoms with van der Waals surface area (Å²) in [5, 5.41) is 1.44. The molecular formula is C8H4BrClN2. The maximum absolute atomic E-state index is 5.70. The van der Waals surface area contributed by atoms with Gasteiger partial charge in [-0.3, -0.25) is 4.98 Å². The van der Waals surface area contributed by atoms with Crippen LogP contribution in [0.15, 0.2) is 29.0 Å². The number of pyridine rings is 2. The number of nitrogens with zero attached hydrogens (tertiary/aromatic N) is 2. The van der Waals surface area contributed by atoms with E-state index in [9.17, 15) is 0 Å². The van der Waals surface area contributed by atoms with Gasteiger partial charge in [0.15, 0.2) is 0 Å². The van der Waals surface area contributed by atoms with Gasteiger partial charge in [0.1, 0.15) is 5.15 Å². The first-order valence-electron chi connectivity index (χ1n) is 3.33. The summed E-state index contributed by atoms with van der Waals surface area (Å²) < 4.78 is 0.983. The third kappa shape index (κ3) is 1.30. The highest BCUT2D eigenvalue weighted by Gasteiger charge is 1.99. The second kappa shape index (κ2) is 2.99. The van der Waals surface area contributed by atoms with Gasteiger partial charge in [-0.25, -0.2) is 4.98 Å². The highest BCUT2D eigenvalue weighted by molar-refractivity contribution is 9.10. The largest absolute Gasteiger partial charge is 0.256 e. The van der Waals surface area contributed by atoms with Gasteiger partial charge in [-0.15, -0.1) is 0 Å². The topological polar surface area (TPSA) is 25.8 Å². The predicted octanol–water partition coefficient (Wildman–Crippen LogP) is 3.05. The molecule has 4 heteroatoms. The zero-order valence-electron chi connectivity index (χ0n) is 5.96. The fourth-order valence-electron chi connectivity index (χ4n) is 0.984. The molecular weight excluding hydrogens is 239 g/mol. The summed E-state index contributed by atoms with van der Waals surface area (Å²) in [6.07, 6.45) is 3.43. The van der Waals surface area contributed by atoms with Crippen molar-refractivity contribution in [3.63, 3.8) is 0 Å². The number of halogens is 2. The van der Waals surface area contributed by atoms with E-state index in [2.05, 4.69) is 25.9 Å². The molecule has 60 valence electrons. The number of aromatic nitrogens is 2. The predicted molar refractivity (Wildman–Crippen MR) is 52.2 cm³/mol. The molecule has 2 rings (SSSR count). The zero-order valence-corrected chi connectivity index (χ0v) is 8.30. The summed E-state index contributed by atoms with van der Waals surface area (Å²) in [4.78, 5) is 8.11. The first kappa shape index (κ1) is 7.95. The third-order valence-electron chi connectivity index (χ3n) is 1.54. The van der Waals surface area contributed by atoms with Crippen molar-refractivity contribution in [3.8, 4) is 0 Å². The van der Waals surface area contributed by atoms with Crippen LogP contribution in [0.4, 0.5) is 0 Å². The van der Waals surface area contributed by atoms with Crippen molar-refractivity contribution in [1.82, 2.24) is 9.97 Å². The SMILES string of the molecule is Clc1cc2nccc(Br)c2cn1. The van der Waals surface area contributed by atoms with Gasteiger partial charge < -0.3 is 0 Å². The molecule has 2 aromatic rings. The summed E-state index contributed by atoms with van der Waals surface area (Å²) in [6.45, 7) is 0. The van der Waals surface area contributed by atoms with Crippen LogP contribution in [0.5, 0.6) is 0 Å². The van der Waals surface area contributed by atoms with Crippen molar-refractivity contribution >= 4 is 38.4 Å². The minimum Gasteiger partial charge on any atom is -0.256 e. The normalized spacial score (nSPS) is 10.5. The van der Waals surface area contributed by atoms with Crippen LogP contribution in [-0.4, -0.2) is 9.97 Å². The molecule has 2 aromatic heterocycles. The lowest BCUT2D eigenvalue weighted by atomic mass is 10.3. The quantitative estimate of drug-likeness (QED) is 0.665. The van der Waals surface area contributed by atoms with E-state index in [-0.39, 0.29) is 0 Å². The lowest BCUT2D eigenvalue weighted by Gasteiger charge is -1.97. The summed E-state index contributed by atoms with van der Waals surface area (Å²) in [7, 11) is 0. The lowest BCUT2D eigenvalue weighted by molar-refractivity contribution is 1.32. The second-order valence-electron chi connectivity index (χ2n) is 2.32. The molecule has 12 heavy (non-hydrogen) atoms. The molecule has 0 saturated heterocycles. The molecule has 0 aliphatic carbocycles. The number of rotatable bonds is 0. The Hall–Kier alpha value is -0.670. The Morgan fingerprint density at radius 3 is 3.00 bits per heavy atom. The maximum Gasteiger partial charge on any atom is 0.131 e. The molecule has 2 nitrogen and oxygen atoms in total. The standard InChI is InChI=1S/C8H4BrClN2/c9-6-1-2-11-7-3-8(10)12-4-5(6)7/h1-4H. The monoisotopic (exact) mass is 242 g/mol. The summed E-state index contributed by atoms with van der Waals surface area (Å²) in [6, 6.07) is 3.61. The molecule has 0 aliphatic rings. The van der Waals surface area contributed by atoms with E-state index >= 15 is 0 Å². The Kier molecular flexibility index (Phi) is 1.98. The Labute approximate surface area is 82.7 Å². The van der Waals surface area contributed by atoms with E-state index in [1.807, 2.05) is 6.07 Å². The zero-order chi connectivity index (χ0) is 8.55. The third-order valence-corrected chi connectivity index (χ3v) is 2.44. The van der Waals surface area contributed by atoms with Crippen LogP contribution < -0.4 is 0 Å². The van der Waals surface area contributed by atoms with Crippen LogP contribution in [0.1, 0.15) is 0 Å². The van der Waals surface area contributed by atoms with E-state index < -0.39 is 0 Å². The molecule has 0 radical (unpaired) electrons. The van der Waals surface area contributed by atoms with Crippen molar-refractivity contribution in [3.05, 3.63) is 34.2 Å². The fourth-order valence-corrected chi connectivity index (χ4v) is 1.56. The van der Waals surface area contributed by atoms with Crippen molar-refractivity contribution in [2.24, 2.45) is 0 Å². The van der Waals surface area contributed by atoms with Crippen LogP contribution in [0, 0.1) is 0 Å². The van der Waals surface area contributed by atoms with Crippen LogP contribution >= 0.6 is 27.5 Å². The van der Waals surface area contributed by atoms with Crippen LogP contribution in [0.2, 0.25) is 5.15 Å². The van der Waals surface area contributed by atoms with Gasteiger partial charge in [-0.05, 0) is 22.0 Å². The molecule has 0 unspecified atom stereocenters. The molecule has 0 amide bonds. The van der Waals surface area contributed by atoms with Crippen molar-refractivity contribution in [2.45, 2.75) is 0 Å². The van der Waals surface area contributed by atoms with Crippen molar-refractivity contribution in [2.75, 3.05) is 0 Å². The summed E-state index contributed by atoms with van der Waals surface area (Å²) in [5.41, 5.74) is 0.851. The van der Waals surface area contributed by atoms with Gasteiger partial charge >= 0.3 is 0 Å². The van der Waals surface area contributed by atoms with E-state index in [0.29, 0.717) is 5.15 Å². The number of hydrogen-bond donors (Lipinski definition) is 0. The van der Waals surface area contributed by atoms with Gasteiger partial charge in [0, 0.05) is 28.3 Å². The van der Waals surface area contributed by atoms with Gasteiger partial charge in [-0.2, -0.15) is 0 Å². The number of fused-ring (bicyclic) bond motifs is 1. The fraction of sp³-hybridized carbons (Fsp3) is 0. The van der Waals surface area contributed by atoms with E-state index in [4.69, 9.17) is 11.6 Å². The molecule has 0 bridgehead atoms. The highest BCUT2D eigenvalue weighted by Crippen LogP contribution is 2.22. The second-order valence-corrected chi connectivity index (χ2v) is 3.56. The van der Waals surface area contributed by atoms with Crippen molar-refractivity contribution in [1.29, 1.82) is 0 Å². The maximum atomic E-state index is 5.70. The smallest absolute Gasteiger partial charge is 0.131 e. The number of hydrogen-bond acceptors (Lipinski definition) is 2. The Bertz CT molecular complexity index is 430. The Morgan fingerprint density at radius 2 is 2.17 bits per heavy atom.